The number of anilines is 3. The second kappa shape index (κ2) is 6.59. The SMILES string of the molecule is Cc1ccc(NC(=O)c2cnc(N3c4ccccc4CC3C)nc2)cc1. The van der Waals surface area contributed by atoms with Gasteiger partial charge < -0.3 is 10.2 Å². The zero-order chi connectivity index (χ0) is 18.1. The maximum absolute atomic E-state index is 12.4. The monoisotopic (exact) mass is 344 g/mol. The number of hydrogen-bond acceptors (Lipinski definition) is 4. The Kier molecular flexibility index (Phi) is 4.13. The molecule has 0 saturated carbocycles. The highest BCUT2D eigenvalue weighted by atomic mass is 16.1. The summed E-state index contributed by atoms with van der Waals surface area (Å²) in [5, 5.41) is 2.87. The first-order chi connectivity index (χ1) is 12.6. The van der Waals surface area contributed by atoms with Crippen molar-refractivity contribution in [2.75, 3.05) is 10.2 Å². The normalized spacial score (nSPS) is 15.6. The lowest BCUT2D eigenvalue weighted by Crippen LogP contribution is -2.26. The van der Waals surface area contributed by atoms with Crippen LogP contribution in [0.1, 0.15) is 28.4 Å². The van der Waals surface area contributed by atoms with Gasteiger partial charge in [0.05, 0.1) is 5.56 Å². The summed E-state index contributed by atoms with van der Waals surface area (Å²) in [5.41, 5.74) is 4.78. The largest absolute Gasteiger partial charge is 0.322 e. The maximum atomic E-state index is 12.4. The van der Waals surface area contributed by atoms with E-state index in [9.17, 15) is 4.79 Å². The van der Waals surface area contributed by atoms with Crippen LogP contribution in [0.4, 0.5) is 17.3 Å². The Morgan fingerprint density at radius 1 is 1.08 bits per heavy atom. The van der Waals surface area contributed by atoms with Crippen molar-refractivity contribution in [2.24, 2.45) is 0 Å². The number of rotatable bonds is 3. The first-order valence-corrected chi connectivity index (χ1v) is 8.69. The zero-order valence-electron chi connectivity index (χ0n) is 14.8. The lowest BCUT2D eigenvalue weighted by molar-refractivity contribution is 0.102. The molecule has 130 valence electrons. The van der Waals surface area contributed by atoms with Gasteiger partial charge in [-0.15, -0.1) is 0 Å². The van der Waals surface area contributed by atoms with E-state index >= 15 is 0 Å². The average molecular weight is 344 g/mol. The van der Waals surface area contributed by atoms with Crippen molar-refractivity contribution in [3.8, 4) is 0 Å². The third-order valence-corrected chi connectivity index (χ3v) is 4.63. The lowest BCUT2D eigenvalue weighted by atomic mass is 10.1. The molecule has 0 spiro atoms. The van der Waals surface area contributed by atoms with E-state index in [1.807, 2.05) is 37.3 Å². The predicted molar refractivity (Wildman–Crippen MR) is 103 cm³/mol. The van der Waals surface area contributed by atoms with E-state index in [1.54, 1.807) is 12.4 Å². The summed E-state index contributed by atoms with van der Waals surface area (Å²) in [5.74, 6) is 0.407. The molecule has 26 heavy (non-hydrogen) atoms. The number of nitrogens with zero attached hydrogens (tertiary/aromatic N) is 3. The third kappa shape index (κ3) is 3.04. The van der Waals surface area contributed by atoms with E-state index in [1.165, 1.54) is 5.56 Å². The van der Waals surface area contributed by atoms with Crippen LogP contribution in [-0.2, 0) is 6.42 Å². The van der Waals surface area contributed by atoms with Crippen molar-refractivity contribution >= 4 is 23.2 Å². The average Bonchev–Trinajstić information content (AvgIpc) is 2.99. The summed E-state index contributed by atoms with van der Waals surface area (Å²) in [4.78, 5) is 23.4. The minimum absolute atomic E-state index is 0.213. The van der Waals surface area contributed by atoms with Crippen molar-refractivity contribution in [2.45, 2.75) is 26.3 Å². The molecule has 0 radical (unpaired) electrons. The van der Waals surface area contributed by atoms with Crippen molar-refractivity contribution < 1.29 is 4.79 Å². The van der Waals surface area contributed by atoms with Crippen LogP contribution < -0.4 is 10.2 Å². The van der Waals surface area contributed by atoms with Crippen LogP contribution in [-0.4, -0.2) is 21.9 Å². The van der Waals surface area contributed by atoms with Gasteiger partial charge in [0.2, 0.25) is 5.95 Å². The molecule has 1 aliphatic rings. The van der Waals surface area contributed by atoms with Crippen molar-refractivity contribution in [1.82, 2.24) is 9.97 Å². The summed E-state index contributed by atoms with van der Waals surface area (Å²) in [6.07, 6.45) is 4.13. The second-order valence-corrected chi connectivity index (χ2v) is 6.64. The Morgan fingerprint density at radius 3 is 2.50 bits per heavy atom. The first kappa shape index (κ1) is 16.3. The van der Waals surface area contributed by atoms with Gasteiger partial charge in [0, 0.05) is 29.8 Å². The van der Waals surface area contributed by atoms with E-state index in [0.717, 1.165) is 23.4 Å². The van der Waals surface area contributed by atoms with Gasteiger partial charge in [0.25, 0.3) is 5.91 Å². The van der Waals surface area contributed by atoms with Crippen LogP contribution in [0.15, 0.2) is 60.9 Å². The topological polar surface area (TPSA) is 58.1 Å². The van der Waals surface area contributed by atoms with Gasteiger partial charge in [-0.2, -0.15) is 0 Å². The van der Waals surface area contributed by atoms with Crippen molar-refractivity contribution in [3.05, 3.63) is 77.6 Å². The van der Waals surface area contributed by atoms with Gasteiger partial charge in [0.1, 0.15) is 0 Å². The van der Waals surface area contributed by atoms with E-state index in [-0.39, 0.29) is 5.91 Å². The second-order valence-electron chi connectivity index (χ2n) is 6.64. The number of aryl methyl sites for hydroxylation is 1. The van der Waals surface area contributed by atoms with Gasteiger partial charge in [0.15, 0.2) is 0 Å². The fraction of sp³-hybridized carbons (Fsp3) is 0.190. The van der Waals surface area contributed by atoms with Crippen molar-refractivity contribution in [1.29, 1.82) is 0 Å². The highest BCUT2D eigenvalue weighted by Crippen LogP contribution is 2.36. The number of amides is 1. The van der Waals surface area contributed by atoms with E-state index in [0.29, 0.717) is 17.6 Å². The zero-order valence-corrected chi connectivity index (χ0v) is 14.8. The van der Waals surface area contributed by atoms with Crippen LogP contribution >= 0.6 is 0 Å². The summed E-state index contributed by atoms with van der Waals surface area (Å²) in [7, 11) is 0. The van der Waals surface area contributed by atoms with E-state index in [4.69, 9.17) is 0 Å². The first-order valence-electron chi connectivity index (χ1n) is 8.69. The van der Waals surface area contributed by atoms with Crippen LogP contribution in [0, 0.1) is 6.92 Å². The van der Waals surface area contributed by atoms with Gasteiger partial charge in [-0.3, -0.25) is 4.79 Å². The molecule has 1 aliphatic heterocycles. The molecule has 0 aliphatic carbocycles. The summed E-state index contributed by atoms with van der Waals surface area (Å²) < 4.78 is 0. The molecule has 2 aromatic carbocycles. The number of para-hydroxylation sites is 1. The fourth-order valence-electron chi connectivity index (χ4n) is 3.27. The molecule has 1 unspecified atom stereocenters. The Balaban J connectivity index is 1.53. The van der Waals surface area contributed by atoms with E-state index < -0.39 is 0 Å². The third-order valence-electron chi connectivity index (χ3n) is 4.63. The molecule has 2 heterocycles. The summed E-state index contributed by atoms with van der Waals surface area (Å²) in [6.45, 7) is 4.16. The van der Waals surface area contributed by atoms with Crippen LogP contribution in [0.25, 0.3) is 0 Å². The number of carbonyl (C=O) groups is 1. The highest BCUT2D eigenvalue weighted by Gasteiger charge is 2.28. The molecule has 1 N–H and O–H groups in total. The standard InChI is InChI=1S/C21H20N4O/c1-14-7-9-18(10-8-14)24-20(26)17-12-22-21(23-13-17)25-15(2)11-16-5-3-4-6-19(16)25/h3-10,12-13,15H,11H2,1-2H3,(H,24,26). The molecule has 5 heteroatoms. The molecular formula is C21H20N4O. The lowest BCUT2D eigenvalue weighted by Gasteiger charge is -2.22. The molecule has 0 fully saturated rings. The summed E-state index contributed by atoms with van der Waals surface area (Å²) >= 11 is 0. The van der Waals surface area contributed by atoms with Gasteiger partial charge in [-0.05, 0) is 44.0 Å². The maximum Gasteiger partial charge on any atom is 0.258 e. The number of carbonyl (C=O) groups excluding carboxylic acids is 1. The molecule has 1 amide bonds. The van der Waals surface area contributed by atoms with E-state index in [2.05, 4.69) is 45.3 Å². The number of hydrogen-bond donors (Lipinski definition) is 1. The van der Waals surface area contributed by atoms with Crippen molar-refractivity contribution in [3.63, 3.8) is 0 Å². The molecule has 1 aromatic heterocycles. The summed E-state index contributed by atoms with van der Waals surface area (Å²) in [6, 6.07) is 16.3. The molecule has 1 atom stereocenters. The Morgan fingerprint density at radius 2 is 1.77 bits per heavy atom. The number of nitrogens with one attached hydrogen (secondary N) is 1. The Labute approximate surface area is 152 Å². The van der Waals surface area contributed by atoms with Gasteiger partial charge >= 0.3 is 0 Å². The van der Waals surface area contributed by atoms with Crippen LogP contribution in [0.3, 0.4) is 0 Å². The Bertz CT molecular complexity index is 935. The van der Waals surface area contributed by atoms with Gasteiger partial charge in [-0.25, -0.2) is 9.97 Å². The molecule has 3 aromatic rings. The highest BCUT2D eigenvalue weighted by molar-refractivity contribution is 6.03. The van der Waals surface area contributed by atoms with Gasteiger partial charge in [-0.1, -0.05) is 35.9 Å². The minimum atomic E-state index is -0.213. The fourth-order valence-corrected chi connectivity index (χ4v) is 3.27. The quantitative estimate of drug-likeness (QED) is 0.776. The Hall–Kier alpha value is -3.21. The smallest absolute Gasteiger partial charge is 0.258 e. The molecule has 5 nitrogen and oxygen atoms in total. The van der Waals surface area contributed by atoms with Crippen LogP contribution in [0.2, 0.25) is 0 Å². The number of fused-ring (bicyclic) bond motifs is 1. The molecule has 4 rings (SSSR count). The minimum Gasteiger partial charge on any atom is -0.322 e. The molecular weight excluding hydrogens is 324 g/mol. The number of aromatic nitrogens is 2. The molecule has 0 bridgehead atoms. The predicted octanol–water partition coefficient (Wildman–Crippen LogP) is 4.12. The molecule has 0 saturated heterocycles. The number of benzene rings is 2. The van der Waals surface area contributed by atoms with Crippen LogP contribution in [0.5, 0.6) is 0 Å².